The van der Waals surface area contributed by atoms with E-state index in [1.807, 2.05) is 12.1 Å². The molecule has 0 aromatic heterocycles. The van der Waals surface area contributed by atoms with Crippen LogP contribution in [0.2, 0.25) is 0 Å². The van der Waals surface area contributed by atoms with E-state index in [0.717, 1.165) is 19.4 Å². The number of unbranched alkanes of at least 4 members (excludes halogenated alkanes) is 1. The second kappa shape index (κ2) is 9.78. The van der Waals surface area contributed by atoms with Crippen LogP contribution in [0.4, 0.5) is 0 Å². The molecular formula is C22H29NO5S. The average molecular weight is 420 g/mol. The first kappa shape index (κ1) is 21.9. The van der Waals surface area contributed by atoms with E-state index in [2.05, 4.69) is 11.6 Å². The van der Waals surface area contributed by atoms with E-state index in [4.69, 9.17) is 9.47 Å². The number of benzene rings is 1. The maximum Gasteiger partial charge on any atom is 0.338 e. The molecule has 0 spiro atoms. The minimum absolute atomic E-state index is 0.0406. The molecule has 1 aromatic carbocycles. The van der Waals surface area contributed by atoms with Gasteiger partial charge in [-0.25, -0.2) is 4.79 Å². The second-order valence-corrected chi connectivity index (χ2v) is 9.10. The molecule has 1 aliphatic carbocycles. The summed E-state index contributed by atoms with van der Waals surface area (Å²) < 4.78 is 14.4. The molecule has 0 bridgehead atoms. The van der Waals surface area contributed by atoms with Crippen LogP contribution < -0.4 is 4.72 Å². The molecule has 29 heavy (non-hydrogen) atoms. The van der Waals surface area contributed by atoms with Crippen molar-refractivity contribution in [2.45, 2.75) is 56.7 Å². The monoisotopic (exact) mass is 419 g/mol. The van der Waals surface area contributed by atoms with Crippen LogP contribution in [0.5, 0.6) is 0 Å². The van der Waals surface area contributed by atoms with Gasteiger partial charge in [-0.1, -0.05) is 37.6 Å². The quantitative estimate of drug-likeness (QED) is 0.208. The Labute approximate surface area is 176 Å². The predicted octanol–water partition coefficient (Wildman–Crippen LogP) is 3.47. The lowest BCUT2D eigenvalue weighted by Gasteiger charge is -2.23. The van der Waals surface area contributed by atoms with E-state index < -0.39 is 11.0 Å². The van der Waals surface area contributed by atoms with Crippen LogP contribution in [0.1, 0.15) is 49.9 Å². The molecule has 2 N–H and O–H groups in total. The van der Waals surface area contributed by atoms with Gasteiger partial charge in [0.15, 0.2) is 0 Å². The van der Waals surface area contributed by atoms with Crippen molar-refractivity contribution in [3.63, 3.8) is 0 Å². The Morgan fingerprint density at radius 2 is 2.17 bits per heavy atom. The minimum atomic E-state index is -1.11. The van der Waals surface area contributed by atoms with Crippen molar-refractivity contribution < 1.29 is 24.2 Å². The zero-order valence-corrected chi connectivity index (χ0v) is 17.7. The van der Waals surface area contributed by atoms with Crippen LogP contribution in [0, 0.1) is 11.8 Å². The number of carbonyl (C=O) groups is 2. The van der Waals surface area contributed by atoms with E-state index >= 15 is 0 Å². The first-order valence-electron chi connectivity index (χ1n) is 10.2. The van der Waals surface area contributed by atoms with Gasteiger partial charge < -0.3 is 14.6 Å². The van der Waals surface area contributed by atoms with Gasteiger partial charge in [-0.2, -0.15) is 0 Å². The SMILES string of the molecule is CCCCNSC(C)(O)/C=C/C1[C@H]2CC(=O)O[C@H]2C[C@H]1OC(=O)c1ccccc1. The fraction of sp³-hybridized carbons (Fsp3) is 0.545. The summed E-state index contributed by atoms with van der Waals surface area (Å²) in [7, 11) is 0. The van der Waals surface area contributed by atoms with Crippen LogP contribution >= 0.6 is 11.9 Å². The van der Waals surface area contributed by atoms with Crippen molar-refractivity contribution >= 4 is 23.9 Å². The molecule has 2 aliphatic rings. The van der Waals surface area contributed by atoms with Gasteiger partial charge in [0.25, 0.3) is 0 Å². The Morgan fingerprint density at radius 3 is 2.90 bits per heavy atom. The van der Waals surface area contributed by atoms with E-state index in [9.17, 15) is 14.7 Å². The van der Waals surface area contributed by atoms with Crippen LogP contribution in [0.15, 0.2) is 42.5 Å². The Balaban J connectivity index is 1.68. The third kappa shape index (κ3) is 5.84. The first-order valence-corrected chi connectivity index (χ1v) is 11.0. The average Bonchev–Trinajstić information content (AvgIpc) is 3.20. The van der Waals surface area contributed by atoms with E-state index in [1.165, 1.54) is 11.9 Å². The molecule has 1 aromatic rings. The highest BCUT2D eigenvalue weighted by atomic mass is 32.2. The molecule has 2 fully saturated rings. The van der Waals surface area contributed by atoms with Crippen molar-refractivity contribution in [1.29, 1.82) is 0 Å². The summed E-state index contributed by atoms with van der Waals surface area (Å²) in [5.41, 5.74) is 0.493. The van der Waals surface area contributed by atoms with Gasteiger partial charge in [-0.15, -0.1) is 0 Å². The zero-order chi connectivity index (χ0) is 20.9. The molecule has 5 atom stereocenters. The third-order valence-electron chi connectivity index (χ3n) is 5.36. The Morgan fingerprint density at radius 1 is 1.41 bits per heavy atom. The molecule has 1 saturated heterocycles. The number of esters is 2. The highest BCUT2D eigenvalue weighted by Crippen LogP contribution is 2.44. The minimum Gasteiger partial charge on any atom is -0.462 e. The van der Waals surface area contributed by atoms with E-state index in [1.54, 1.807) is 37.3 Å². The van der Waals surface area contributed by atoms with Gasteiger partial charge in [0.2, 0.25) is 0 Å². The Hall–Kier alpha value is -1.83. The molecule has 1 heterocycles. The number of rotatable bonds is 9. The fourth-order valence-corrected chi connectivity index (χ4v) is 4.52. The third-order valence-corrected chi connectivity index (χ3v) is 6.26. The van der Waals surface area contributed by atoms with Gasteiger partial charge in [0, 0.05) is 24.8 Å². The number of ether oxygens (including phenoxy) is 2. The highest BCUT2D eigenvalue weighted by Gasteiger charge is 2.50. The van der Waals surface area contributed by atoms with Crippen molar-refractivity contribution in [2.24, 2.45) is 11.8 Å². The first-order chi connectivity index (χ1) is 13.9. The molecule has 2 unspecified atom stereocenters. The standard InChI is InChI=1S/C22H29NO5S/c1-3-4-12-23-29-22(2,26)11-10-16-17-13-20(24)27-19(17)14-18(16)28-21(25)15-8-6-5-7-9-15/h5-11,16-19,23,26H,3-4,12-14H2,1-2H3/b11-10+/t16?,17-,18-,19+,22?/m1/s1. The van der Waals surface area contributed by atoms with E-state index in [0.29, 0.717) is 18.4 Å². The van der Waals surface area contributed by atoms with Crippen LogP contribution in [-0.4, -0.2) is 40.7 Å². The summed E-state index contributed by atoms with van der Waals surface area (Å²) in [4.78, 5) is 23.1. The van der Waals surface area contributed by atoms with Crippen LogP contribution in [0.3, 0.4) is 0 Å². The molecular weight excluding hydrogens is 390 g/mol. The molecule has 3 rings (SSSR count). The molecule has 6 nitrogen and oxygen atoms in total. The van der Waals surface area contributed by atoms with Crippen LogP contribution in [-0.2, 0) is 14.3 Å². The summed E-state index contributed by atoms with van der Waals surface area (Å²) in [5.74, 6) is -0.820. The number of hydrogen-bond donors (Lipinski definition) is 2. The van der Waals surface area contributed by atoms with Crippen molar-refractivity contribution in [3.8, 4) is 0 Å². The predicted molar refractivity (Wildman–Crippen MR) is 112 cm³/mol. The smallest absolute Gasteiger partial charge is 0.338 e. The summed E-state index contributed by atoms with van der Waals surface area (Å²) >= 11 is 1.25. The summed E-state index contributed by atoms with van der Waals surface area (Å²) in [5, 5.41) is 10.6. The topological polar surface area (TPSA) is 84.9 Å². The van der Waals surface area contributed by atoms with Gasteiger partial charge in [0.05, 0.1) is 12.0 Å². The number of fused-ring (bicyclic) bond motifs is 1. The molecule has 0 amide bonds. The Bertz CT molecular complexity index is 736. The number of hydrogen-bond acceptors (Lipinski definition) is 7. The summed E-state index contributed by atoms with van der Waals surface area (Å²) in [6.07, 6.45) is 5.87. The van der Waals surface area contributed by atoms with Crippen molar-refractivity contribution in [1.82, 2.24) is 4.72 Å². The lowest BCUT2D eigenvalue weighted by molar-refractivity contribution is -0.141. The normalized spacial score (nSPS) is 28.2. The number of nitrogens with one attached hydrogen (secondary N) is 1. The number of aliphatic hydroxyl groups is 1. The zero-order valence-electron chi connectivity index (χ0n) is 16.9. The van der Waals surface area contributed by atoms with E-state index in [-0.39, 0.29) is 29.9 Å². The lowest BCUT2D eigenvalue weighted by atomic mass is 9.91. The van der Waals surface area contributed by atoms with Crippen molar-refractivity contribution in [3.05, 3.63) is 48.0 Å². The maximum atomic E-state index is 12.5. The molecule has 158 valence electrons. The van der Waals surface area contributed by atoms with Crippen molar-refractivity contribution in [2.75, 3.05) is 6.54 Å². The fourth-order valence-electron chi connectivity index (χ4n) is 3.84. The Kier molecular flexibility index (Phi) is 7.38. The molecule has 7 heteroatoms. The lowest BCUT2D eigenvalue weighted by Crippen LogP contribution is -2.27. The molecule has 0 radical (unpaired) electrons. The van der Waals surface area contributed by atoms with Crippen LogP contribution in [0.25, 0.3) is 0 Å². The summed E-state index contributed by atoms with van der Waals surface area (Å²) in [6.45, 7) is 4.64. The second-order valence-electron chi connectivity index (χ2n) is 7.78. The van der Waals surface area contributed by atoms with Gasteiger partial charge in [-0.05, 0) is 43.5 Å². The van der Waals surface area contributed by atoms with Gasteiger partial charge in [-0.3, -0.25) is 9.52 Å². The highest BCUT2D eigenvalue weighted by molar-refractivity contribution is 7.98. The maximum absolute atomic E-state index is 12.5. The molecule has 1 saturated carbocycles. The molecule has 1 aliphatic heterocycles. The number of carbonyl (C=O) groups excluding carboxylic acids is 2. The summed E-state index contributed by atoms with van der Waals surface area (Å²) in [6, 6.07) is 8.85. The van der Waals surface area contributed by atoms with Gasteiger partial charge in [0.1, 0.15) is 17.1 Å². The van der Waals surface area contributed by atoms with Gasteiger partial charge >= 0.3 is 11.9 Å². The largest absolute Gasteiger partial charge is 0.462 e.